The van der Waals surface area contributed by atoms with Gasteiger partial charge in [0.05, 0.1) is 11.6 Å². The van der Waals surface area contributed by atoms with Gasteiger partial charge < -0.3 is 10.1 Å². The van der Waals surface area contributed by atoms with Crippen LogP contribution in [0.25, 0.3) is 0 Å². The SMILES string of the molecule is COc1cc(C(C)C)cc(C2CCNC2)c1Br. The van der Waals surface area contributed by atoms with Crippen molar-refractivity contribution in [2.75, 3.05) is 20.2 Å². The van der Waals surface area contributed by atoms with Crippen LogP contribution in [0.15, 0.2) is 16.6 Å². The number of hydrogen-bond donors (Lipinski definition) is 1. The summed E-state index contributed by atoms with van der Waals surface area (Å²) in [6, 6.07) is 4.47. The summed E-state index contributed by atoms with van der Waals surface area (Å²) in [6.45, 7) is 6.63. The number of benzene rings is 1. The van der Waals surface area contributed by atoms with E-state index < -0.39 is 0 Å². The molecule has 0 radical (unpaired) electrons. The number of methoxy groups -OCH3 is 1. The zero-order valence-corrected chi connectivity index (χ0v) is 12.3. The molecule has 94 valence electrons. The molecular formula is C14H20BrNO. The van der Waals surface area contributed by atoms with Gasteiger partial charge in [0.2, 0.25) is 0 Å². The maximum atomic E-state index is 5.47. The van der Waals surface area contributed by atoms with Gasteiger partial charge in [-0.2, -0.15) is 0 Å². The Morgan fingerprint density at radius 3 is 2.71 bits per heavy atom. The third-order valence-corrected chi connectivity index (χ3v) is 4.33. The highest BCUT2D eigenvalue weighted by molar-refractivity contribution is 9.10. The maximum Gasteiger partial charge on any atom is 0.133 e. The molecule has 1 aromatic rings. The second-order valence-electron chi connectivity index (χ2n) is 4.97. The third kappa shape index (κ3) is 2.66. The Kier molecular flexibility index (Phi) is 4.10. The van der Waals surface area contributed by atoms with E-state index in [1.54, 1.807) is 7.11 Å². The largest absolute Gasteiger partial charge is 0.496 e. The molecule has 1 aromatic carbocycles. The van der Waals surface area contributed by atoms with Crippen LogP contribution < -0.4 is 10.1 Å². The van der Waals surface area contributed by atoms with E-state index in [0.29, 0.717) is 11.8 Å². The van der Waals surface area contributed by atoms with E-state index in [9.17, 15) is 0 Å². The second kappa shape index (κ2) is 5.40. The van der Waals surface area contributed by atoms with Gasteiger partial charge in [-0.1, -0.05) is 19.9 Å². The Bertz CT molecular complexity index is 397. The summed E-state index contributed by atoms with van der Waals surface area (Å²) >= 11 is 3.68. The standard InChI is InChI=1S/C14H20BrNO/c1-9(2)11-6-12(10-4-5-16-8-10)14(15)13(7-11)17-3/h6-7,9-10,16H,4-5,8H2,1-3H3. The number of halogens is 1. The smallest absolute Gasteiger partial charge is 0.133 e. The molecule has 1 heterocycles. The highest BCUT2D eigenvalue weighted by Crippen LogP contribution is 2.38. The Balaban J connectivity index is 2.44. The van der Waals surface area contributed by atoms with E-state index in [1.807, 2.05) is 0 Å². The quantitative estimate of drug-likeness (QED) is 0.919. The van der Waals surface area contributed by atoms with Gasteiger partial charge in [0.15, 0.2) is 0 Å². The molecule has 0 aliphatic carbocycles. The lowest BCUT2D eigenvalue weighted by molar-refractivity contribution is 0.410. The van der Waals surface area contributed by atoms with Crippen molar-refractivity contribution in [2.45, 2.75) is 32.1 Å². The van der Waals surface area contributed by atoms with Crippen molar-refractivity contribution in [3.63, 3.8) is 0 Å². The van der Waals surface area contributed by atoms with Gasteiger partial charge in [-0.05, 0) is 57.9 Å². The summed E-state index contributed by atoms with van der Waals surface area (Å²) in [7, 11) is 1.74. The lowest BCUT2D eigenvalue weighted by Crippen LogP contribution is -2.09. The first-order valence-corrected chi connectivity index (χ1v) is 7.00. The average molecular weight is 298 g/mol. The zero-order valence-electron chi connectivity index (χ0n) is 10.7. The van der Waals surface area contributed by atoms with Crippen molar-refractivity contribution in [1.29, 1.82) is 0 Å². The van der Waals surface area contributed by atoms with Crippen molar-refractivity contribution in [3.05, 3.63) is 27.7 Å². The highest BCUT2D eigenvalue weighted by Gasteiger charge is 2.22. The molecule has 1 fully saturated rings. The first-order valence-electron chi connectivity index (χ1n) is 6.21. The summed E-state index contributed by atoms with van der Waals surface area (Å²) in [6.07, 6.45) is 1.21. The molecule has 1 aliphatic rings. The normalized spacial score (nSPS) is 19.9. The first-order chi connectivity index (χ1) is 8.13. The van der Waals surface area contributed by atoms with Crippen LogP contribution in [-0.4, -0.2) is 20.2 Å². The molecule has 1 atom stereocenters. The van der Waals surface area contributed by atoms with Crippen molar-refractivity contribution >= 4 is 15.9 Å². The zero-order chi connectivity index (χ0) is 12.4. The van der Waals surface area contributed by atoms with Gasteiger partial charge in [0.1, 0.15) is 5.75 Å². The molecule has 3 heteroatoms. The fraction of sp³-hybridized carbons (Fsp3) is 0.571. The molecule has 0 aromatic heterocycles. The van der Waals surface area contributed by atoms with Crippen LogP contribution in [0.4, 0.5) is 0 Å². The van der Waals surface area contributed by atoms with Gasteiger partial charge in [-0.25, -0.2) is 0 Å². The van der Waals surface area contributed by atoms with Crippen molar-refractivity contribution < 1.29 is 4.74 Å². The van der Waals surface area contributed by atoms with Crippen molar-refractivity contribution in [1.82, 2.24) is 5.32 Å². The summed E-state index contributed by atoms with van der Waals surface area (Å²) in [5.41, 5.74) is 2.74. The van der Waals surface area contributed by atoms with Crippen LogP contribution in [0.3, 0.4) is 0 Å². The van der Waals surface area contributed by atoms with Gasteiger partial charge in [0.25, 0.3) is 0 Å². The molecule has 17 heavy (non-hydrogen) atoms. The number of ether oxygens (including phenoxy) is 1. The monoisotopic (exact) mass is 297 g/mol. The average Bonchev–Trinajstić information content (AvgIpc) is 2.82. The predicted molar refractivity (Wildman–Crippen MR) is 75.0 cm³/mol. The van der Waals surface area contributed by atoms with E-state index in [0.717, 1.165) is 23.3 Å². The molecule has 1 saturated heterocycles. The minimum absolute atomic E-state index is 0.533. The molecule has 0 amide bonds. The van der Waals surface area contributed by atoms with E-state index in [-0.39, 0.29) is 0 Å². The summed E-state index contributed by atoms with van der Waals surface area (Å²) in [5, 5.41) is 3.42. The molecule has 2 nitrogen and oxygen atoms in total. The topological polar surface area (TPSA) is 21.3 Å². The van der Waals surface area contributed by atoms with E-state index >= 15 is 0 Å². The van der Waals surface area contributed by atoms with Crippen LogP contribution in [0.1, 0.15) is 43.2 Å². The molecule has 1 unspecified atom stereocenters. The fourth-order valence-electron chi connectivity index (χ4n) is 2.34. The third-order valence-electron chi connectivity index (χ3n) is 3.48. The number of hydrogen-bond acceptors (Lipinski definition) is 2. The van der Waals surface area contributed by atoms with E-state index in [1.165, 1.54) is 17.5 Å². The molecule has 0 spiro atoms. The first kappa shape index (κ1) is 12.9. The lowest BCUT2D eigenvalue weighted by Gasteiger charge is -2.18. The van der Waals surface area contributed by atoms with Crippen molar-refractivity contribution in [3.8, 4) is 5.75 Å². The van der Waals surface area contributed by atoms with E-state index in [4.69, 9.17) is 4.74 Å². The number of nitrogens with one attached hydrogen (secondary N) is 1. The lowest BCUT2D eigenvalue weighted by atomic mass is 9.93. The molecule has 0 saturated carbocycles. The molecule has 1 N–H and O–H groups in total. The van der Waals surface area contributed by atoms with Gasteiger partial charge in [-0.15, -0.1) is 0 Å². The fourth-order valence-corrected chi connectivity index (χ4v) is 3.06. The van der Waals surface area contributed by atoms with Crippen LogP contribution in [-0.2, 0) is 0 Å². The Labute approximate surface area is 112 Å². The molecular weight excluding hydrogens is 278 g/mol. The van der Waals surface area contributed by atoms with E-state index in [2.05, 4.69) is 47.2 Å². The summed E-state index contributed by atoms with van der Waals surface area (Å²) < 4.78 is 6.59. The number of rotatable bonds is 3. The molecule has 0 bridgehead atoms. The minimum atomic E-state index is 0.533. The second-order valence-corrected chi connectivity index (χ2v) is 5.76. The Morgan fingerprint density at radius 1 is 1.41 bits per heavy atom. The minimum Gasteiger partial charge on any atom is -0.496 e. The molecule has 1 aliphatic heterocycles. The summed E-state index contributed by atoms with van der Waals surface area (Å²) in [5.74, 6) is 2.10. The predicted octanol–water partition coefficient (Wildman–Crippen LogP) is 3.66. The molecule has 2 rings (SSSR count). The van der Waals surface area contributed by atoms with Crippen LogP contribution in [0.5, 0.6) is 5.75 Å². The Morgan fingerprint density at radius 2 is 2.18 bits per heavy atom. The highest BCUT2D eigenvalue weighted by atomic mass is 79.9. The van der Waals surface area contributed by atoms with Gasteiger partial charge in [0, 0.05) is 6.54 Å². The summed E-state index contributed by atoms with van der Waals surface area (Å²) in [4.78, 5) is 0. The van der Waals surface area contributed by atoms with Crippen LogP contribution in [0.2, 0.25) is 0 Å². The van der Waals surface area contributed by atoms with Gasteiger partial charge in [-0.3, -0.25) is 0 Å². The Hall–Kier alpha value is -0.540. The van der Waals surface area contributed by atoms with Crippen LogP contribution in [0, 0.1) is 0 Å². The maximum absolute atomic E-state index is 5.47. The van der Waals surface area contributed by atoms with Crippen LogP contribution >= 0.6 is 15.9 Å². The van der Waals surface area contributed by atoms with Crippen molar-refractivity contribution in [2.24, 2.45) is 0 Å². The van der Waals surface area contributed by atoms with Gasteiger partial charge >= 0.3 is 0 Å².